The van der Waals surface area contributed by atoms with Crippen molar-refractivity contribution in [3.63, 3.8) is 0 Å². The molecule has 27 heavy (non-hydrogen) atoms. The standard InChI is InChI=1S/C20H21BrN4OS/c1-12-9-10-17(16(21)11-12)22-19(26)14(3)27-20-24-23-15(4)25(20)18-8-6-5-7-13(18)2/h5-11,14H,1-4H3,(H,22,26). The SMILES string of the molecule is Cc1ccc(NC(=O)C(C)Sc2nnc(C)n2-c2ccccc2C)c(Br)c1. The summed E-state index contributed by atoms with van der Waals surface area (Å²) in [5, 5.41) is 11.8. The number of hydrogen-bond donors (Lipinski definition) is 1. The molecule has 1 N–H and O–H groups in total. The van der Waals surface area contributed by atoms with E-state index in [-0.39, 0.29) is 11.2 Å². The number of nitrogens with one attached hydrogen (secondary N) is 1. The van der Waals surface area contributed by atoms with Crippen molar-refractivity contribution in [1.82, 2.24) is 14.8 Å². The quantitative estimate of drug-likeness (QED) is 0.557. The van der Waals surface area contributed by atoms with Gasteiger partial charge in [0, 0.05) is 4.47 Å². The van der Waals surface area contributed by atoms with Gasteiger partial charge in [0.15, 0.2) is 5.16 Å². The molecule has 1 heterocycles. The highest BCUT2D eigenvalue weighted by Gasteiger charge is 2.21. The van der Waals surface area contributed by atoms with Gasteiger partial charge in [-0.1, -0.05) is 36.0 Å². The maximum Gasteiger partial charge on any atom is 0.237 e. The lowest BCUT2D eigenvalue weighted by molar-refractivity contribution is -0.115. The highest BCUT2D eigenvalue weighted by molar-refractivity contribution is 9.10. The summed E-state index contributed by atoms with van der Waals surface area (Å²) in [5.74, 6) is 0.710. The first kappa shape index (κ1) is 19.6. The number of anilines is 1. The van der Waals surface area contributed by atoms with E-state index in [1.807, 2.05) is 74.7 Å². The molecule has 7 heteroatoms. The Bertz CT molecular complexity index is 986. The Labute approximate surface area is 171 Å². The van der Waals surface area contributed by atoms with E-state index in [0.29, 0.717) is 5.16 Å². The minimum absolute atomic E-state index is 0.0819. The number of thioether (sulfide) groups is 1. The predicted molar refractivity (Wildman–Crippen MR) is 114 cm³/mol. The van der Waals surface area contributed by atoms with E-state index in [1.165, 1.54) is 11.8 Å². The molecular formula is C20H21BrN4OS. The molecule has 3 aromatic rings. The van der Waals surface area contributed by atoms with Crippen molar-refractivity contribution in [3.05, 3.63) is 63.9 Å². The van der Waals surface area contributed by atoms with Crippen LogP contribution in [0.25, 0.3) is 5.69 Å². The maximum absolute atomic E-state index is 12.7. The van der Waals surface area contributed by atoms with E-state index in [0.717, 1.165) is 32.8 Å². The van der Waals surface area contributed by atoms with Crippen molar-refractivity contribution in [3.8, 4) is 5.69 Å². The lowest BCUT2D eigenvalue weighted by Gasteiger charge is -2.15. The highest BCUT2D eigenvalue weighted by Crippen LogP contribution is 2.29. The number of rotatable bonds is 5. The normalized spacial score (nSPS) is 12.0. The minimum Gasteiger partial charge on any atom is -0.324 e. The Morgan fingerprint density at radius 2 is 1.89 bits per heavy atom. The van der Waals surface area contributed by atoms with E-state index in [4.69, 9.17) is 0 Å². The second-order valence-electron chi connectivity index (χ2n) is 6.38. The second kappa shape index (κ2) is 8.27. The van der Waals surface area contributed by atoms with Gasteiger partial charge in [-0.3, -0.25) is 9.36 Å². The fourth-order valence-electron chi connectivity index (χ4n) is 2.68. The van der Waals surface area contributed by atoms with E-state index < -0.39 is 0 Å². The largest absolute Gasteiger partial charge is 0.324 e. The molecule has 2 aromatic carbocycles. The van der Waals surface area contributed by atoms with E-state index in [1.54, 1.807) is 0 Å². The summed E-state index contributed by atoms with van der Waals surface area (Å²) in [6, 6.07) is 13.9. The fraction of sp³-hybridized carbons (Fsp3) is 0.250. The van der Waals surface area contributed by atoms with E-state index in [9.17, 15) is 4.79 Å². The van der Waals surface area contributed by atoms with Gasteiger partial charge in [0.1, 0.15) is 5.82 Å². The number of amides is 1. The molecule has 0 aliphatic heterocycles. The molecule has 1 aromatic heterocycles. The zero-order valence-electron chi connectivity index (χ0n) is 15.7. The lowest BCUT2D eigenvalue weighted by atomic mass is 10.2. The Kier molecular flexibility index (Phi) is 6.01. The zero-order valence-corrected chi connectivity index (χ0v) is 18.1. The van der Waals surface area contributed by atoms with Crippen molar-refractivity contribution in [2.24, 2.45) is 0 Å². The number of carbonyl (C=O) groups is 1. The summed E-state index contributed by atoms with van der Waals surface area (Å²) < 4.78 is 2.86. The molecule has 0 saturated carbocycles. The summed E-state index contributed by atoms with van der Waals surface area (Å²) in [4.78, 5) is 12.7. The summed E-state index contributed by atoms with van der Waals surface area (Å²) in [6.07, 6.45) is 0. The van der Waals surface area contributed by atoms with Crippen molar-refractivity contribution in [1.29, 1.82) is 0 Å². The van der Waals surface area contributed by atoms with Crippen LogP contribution in [0.4, 0.5) is 5.69 Å². The number of carbonyl (C=O) groups excluding carboxylic acids is 1. The molecule has 0 saturated heterocycles. The monoisotopic (exact) mass is 444 g/mol. The highest BCUT2D eigenvalue weighted by atomic mass is 79.9. The second-order valence-corrected chi connectivity index (χ2v) is 8.55. The third-order valence-corrected chi connectivity index (χ3v) is 5.88. The number of aryl methyl sites for hydroxylation is 3. The van der Waals surface area contributed by atoms with Gasteiger partial charge >= 0.3 is 0 Å². The topological polar surface area (TPSA) is 59.8 Å². The molecule has 140 valence electrons. The average molecular weight is 445 g/mol. The molecule has 1 unspecified atom stereocenters. The smallest absolute Gasteiger partial charge is 0.237 e. The van der Waals surface area contributed by atoms with Crippen LogP contribution in [0.3, 0.4) is 0 Å². The first-order chi connectivity index (χ1) is 12.9. The summed E-state index contributed by atoms with van der Waals surface area (Å²) in [7, 11) is 0. The van der Waals surface area contributed by atoms with Crippen LogP contribution in [-0.4, -0.2) is 25.9 Å². The Morgan fingerprint density at radius 3 is 2.59 bits per heavy atom. The molecule has 0 spiro atoms. The van der Waals surface area contributed by atoms with Crippen molar-refractivity contribution in [2.75, 3.05) is 5.32 Å². The van der Waals surface area contributed by atoms with Crippen molar-refractivity contribution in [2.45, 2.75) is 38.1 Å². The van der Waals surface area contributed by atoms with Crippen molar-refractivity contribution < 1.29 is 4.79 Å². The number of nitrogens with zero attached hydrogens (tertiary/aromatic N) is 3. The number of benzene rings is 2. The van der Waals surface area contributed by atoms with Crippen LogP contribution in [-0.2, 0) is 4.79 Å². The summed E-state index contributed by atoms with van der Waals surface area (Å²) >= 11 is 4.89. The van der Waals surface area contributed by atoms with Crippen LogP contribution in [0.2, 0.25) is 0 Å². The number of para-hydroxylation sites is 1. The predicted octanol–water partition coefficient (Wildman–Crippen LogP) is 5.07. The summed E-state index contributed by atoms with van der Waals surface area (Å²) in [5.41, 5.74) is 4.04. The molecule has 1 atom stereocenters. The molecule has 3 rings (SSSR count). The molecule has 0 fully saturated rings. The van der Waals surface area contributed by atoms with Gasteiger partial charge in [0.05, 0.1) is 16.6 Å². The Hall–Kier alpha value is -2.12. The van der Waals surface area contributed by atoms with Gasteiger partial charge in [-0.15, -0.1) is 10.2 Å². The Balaban J connectivity index is 1.79. The summed E-state index contributed by atoms with van der Waals surface area (Å²) in [6.45, 7) is 7.84. The first-order valence-corrected chi connectivity index (χ1v) is 10.3. The van der Waals surface area contributed by atoms with Crippen LogP contribution in [0.5, 0.6) is 0 Å². The van der Waals surface area contributed by atoms with Crippen LogP contribution in [0.15, 0.2) is 52.1 Å². The molecule has 0 bridgehead atoms. The van der Waals surface area contributed by atoms with Gasteiger partial charge < -0.3 is 5.32 Å². The van der Waals surface area contributed by atoms with Crippen LogP contribution < -0.4 is 5.32 Å². The molecule has 0 aliphatic carbocycles. The lowest BCUT2D eigenvalue weighted by Crippen LogP contribution is -2.23. The van der Waals surface area contributed by atoms with Crippen LogP contribution in [0, 0.1) is 20.8 Å². The molecule has 0 aliphatic rings. The molecule has 1 amide bonds. The number of aromatic nitrogens is 3. The van der Waals surface area contributed by atoms with E-state index in [2.05, 4.69) is 31.4 Å². The Morgan fingerprint density at radius 1 is 1.15 bits per heavy atom. The zero-order chi connectivity index (χ0) is 19.6. The average Bonchev–Trinajstić information content (AvgIpc) is 2.98. The van der Waals surface area contributed by atoms with Gasteiger partial charge in [-0.05, 0) is 73.0 Å². The van der Waals surface area contributed by atoms with Crippen molar-refractivity contribution >= 4 is 39.3 Å². The minimum atomic E-state index is -0.329. The van der Waals surface area contributed by atoms with Crippen LogP contribution >= 0.6 is 27.7 Å². The molecule has 5 nitrogen and oxygen atoms in total. The van der Waals surface area contributed by atoms with Gasteiger partial charge in [0.25, 0.3) is 0 Å². The van der Waals surface area contributed by atoms with Gasteiger partial charge in [0.2, 0.25) is 5.91 Å². The number of halogens is 1. The van der Waals surface area contributed by atoms with Gasteiger partial charge in [-0.25, -0.2) is 0 Å². The third-order valence-electron chi connectivity index (χ3n) is 4.19. The van der Waals surface area contributed by atoms with E-state index >= 15 is 0 Å². The molecule has 0 radical (unpaired) electrons. The van der Waals surface area contributed by atoms with Crippen LogP contribution in [0.1, 0.15) is 23.9 Å². The maximum atomic E-state index is 12.7. The fourth-order valence-corrected chi connectivity index (χ4v) is 4.18. The molecular weight excluding hydrogens is 424 g/mol. The first-order valence-electron chi connectivity index (χ1n) is 8.58. The van der Waals surface area contributed by atoms with Gasteiger partial charge in [-0.2, -0.15) is 0 Å². The number of hydrogen-bond acceptors (Lipinski definition) is 4. The third kappa shape index (κ3) is 4.42.